The van der Waals surface area contributed by atoms with Crippen LogP contribution in [0.1, 0.15) is 11.3 Å². The molecule has 12 heteroatoms. The van der Waals surface area contributed by atoms with Crippen molar-refractivity contribution in [1.82, 2.24) is 9.78 Å². The van der Waals surface area contributed by atoms with Crippen molar-refractivity contribution in [3.05, 3.63) is 78.2 Å². The Bertz CT molecular complexity index is 1440. The Hall–Kier alpha value is -3.54. The lowest BCUT2D eigenvalue weighted by molar-refractivity contribution is -0.141. The fraction of sp³-hybridized carbons (Fsp3) is 0.136. The first-order valence-corrected chi connectivity index (χ1v) is 11.4. The molecule has 0 unspecified atom stereocenters. The zero-order valence-electron chi connectivity index (χ0n) is 17.1. The third-order valence-electron chi connectivity index (χ3n) is 4.90. The predicted molar refractivity (Wildman–Crippen MR) is 110 cm³/mol. The minimum absolute atomic E-state index is 0.140. The van der Waals surface area contributed by atoms with Crippen LogP contribution in [0.4, 0.5) is 26.3 Å². The summed E-state index contributed by atoms with van der Waals surface area (Å²) in [6.45, 7) is 0. The van der Waals surface area contributed by atoms with Crippen LogP contribution in [0.3, 0.4) is 0 Å². The molecule has 0 atom stereocenters. The minimum Gasteiger partial charge on any atom is -0.464 e. The molecule has 0 fully saturated rings. The monoisotopic (exact) mass is 500 g/mol. The number of hydrogen-bond donors (Lipinski definition) is 0. The van der Waals surface area contributed by atoms with Gasteiger partial charge in [0.25, 0.3) is 0 Å². The highest BCUT2D eigenvalue weighted by molar-refractivity contribution is 7.90. The van der Waals surface area contributed by atoms with Crippen LogP contribution in [0.2, 0.25) is 0 Å². The molecule has 2 aromatic heterocycles. The third kappa shape index (κ3) is 4.58. The molecule has 0 N–H and O–H groups in total. The number of sulfone groups is 1. The van der Waals surface area contributed by atoms with Crippen LogP contribution in [0.15, 0.2) is 76.2 Å². The first-order valence-electron chi connectivity index (χ1n) is 9.48. The smallest absolute Gasteiger partial charge is 0.435 e. The van der Waals surface area contributed by atoms with Crippen molar-refractivity contribution in [2.24, 2.45) is 0 Å². The normalized spacial score (nSPS) is 12.8. The Kier molecular flexibility index (Phi) is 5.59. The summed E-state index contributed by atoms with van der Waals surface area (Å²) < 4.78 is 111. The summed E-state index contributed by atoms with van der Waals surface area (Å²) in [4.78, 5) is -0.990. The largest absolute Gasteiger partial charge is 0.464 e. The van der Waals surface area contributed by atoms with Gasteiger partial charge in [0, 0.05) is 17.4 Å². The first-order chi connectivity index (χ1) is 15.7. The molecule has 0 spiro atoms. The number of alkyl halides is 6. The van der Waals surface area contributed by atoms with Gasteiger partial charge in [0.1, 0.15) is 5.76 Å². The van der Waals surface area contributed by atoms with E-state index in [1.807, 2.05) is 0 Å². The van der Waals surface area contributed by atoms with E-state index in [1.54, 1.807) is 24.3 Å². The van der Waals surface area contributed by atoms with Crippen LogP contribution in [0.25, 0.3) is 28.3 Å². The lowest BCUT2D eigenvalue weighted by Crippen LogP contribution is -2.14. The summed E-state index contributed by atoms with van der Waals surface area (Å²) in [6, 6.07) is 12.3. The van der Waals surface area contributed by atoms with E-state index in [0.29, 0.717) is 40.5 Å². The number of furan rings is 1. The highest BCUT2D eigenvalue weighted by Gasteiger charge is 2.38. The molecule has 178 valence electrons. The van der Waals surface area contributed by atoms with Crippen molar-refractivity contribution in [2.75, 3.05) is 6.26 Å². The summed E-state index contributed by atoms with van der Waals surface area (Å²) in [5.74, 6) is 0.516. The molecule has 2 heterocycles. The lowest BCUT2D eigenvalue weighted by atomic mass is 10.1. The zero-order chi connectivity index (χ0) is 24.9. The van der Waals surface area contributed by atoms with Crippen molar-refractivity contribution >= 4 is 9.84 Å². The molecule has 4 aromatic rings. The Morgan fingerprint density at radius 3 is 2.03 bits per heavy atom. The SMILES string of the molecule is CS(=O)(=O)c1ccc(-n2nc(C(F)(F)F)cc2-c2ccc(-c3ccco3)cc2)cc1C(F)(F)F. The van der Waals surface area contributed by atoms with Crippen molar-refractivity contribution in [3.8, 4) is 28.3 Å². The molecular weight excluding hydrogens is 486 g/mol. The minimum atomic E-state index is -5.07. The summed E-state index contributed by atoms with van der Waals surface area (Å²) in [5, 5.41) is 3.47. The maximum absolute atomic E-state index is 13.6. The fourth-order valence-corrected chi connectivity index (χ4v) is 4.25. The van der Waals surface area contributed by atoms with Crippen LogP contribution in [0, 0.1) is 0 Å². The van der Waals surface area contributed by atoms with Gasteiger partial charge in [0.2, 0.25) is 0 Å². The molecule has 5 nitrogen and oxygen atoms in total. The van der Waals surface area contributed by atoms with Crippen molar-refractivity contribution < 1.29 is 39.2 Å². The van der Waals surface area contributed by atoms with Gasteiger partial charge in [-0.3, -0.25) is 0 Å². The number of benzene rings is 2. The molecule has 0 aliphatic heterocycles. The Labute approximate surface area is 189 Å². The van der Waals surface area contributed by atoms with Gasteiger partial charge < -0.3 is 4.42 Å². The Morgan fingerprint density at radius 2 is 1.50 bits per heavy atom. The van der Waals surface area contributed by atoms with Gasteiger partial charge in [-0.05, 0) is 36.4 Å². The first kappa shape index (κ1) is 23.6. The molecule has 0 radical (unpaired) electrons. The molecule has 34 heavy (non-hydrogen) atoms. The number of rotatable bonds is 4. The topological polar surface area (TPSA) is 65.1 Å². The molecule has 0 saturated carbocycles. The van der Waals surface area contributed by atoms with Gasteiger partial charge in [-0.1, -0.05) is 24.3 Å². The summed E-state index contributed by atoms with van der Waals surface area (Å²) in [6.07, 6.45) is -7.88. The average Bonchev–Trinajstić information content (AvgIpc) is 3.42. The molecule has 4 rings (SSSR count). The highest BCUT2D eigenvalue weighted by atomic mass is 32.2. The number of aromatic nitrogens is 2. The van der Waals surface area contributed by atoms with Crippen LogP contribution >= 0.6 is 0 Å². The molecule has 0 amide bonds. The van der Waals surface area contributed by atoms with Crippen LogP contribution < -0.4 is 0 Å². The number of hydrogen-bond acceptors (Lipinski definition) is 4. The maximum atomic E-state index is 13.6. The summed E-state index contributed by atoms with van der Waals surface area (Å²) in [5.41, 5.74) is -2.49. The van der Waals surface area contributed by atoms with Crippen LogP contribution in [0.5, 0.6) is 0 Å². The van der Waals surface area contributed by atoms with Crippen molar-refractivity contribution in [2.45, 2.75) is 17.2 Å². The average molecular weight is 500 g/mol. The van der Waals surface area contributed by atoms with E-state index in [0.717, 1.165) is 6.07 Å². The molecule has 0 aliphatic rings. The Balaban J connectivity index is 1.90. The summed E-state index contributed by atoms with van der Waals surface area (Å²) >= 11 is 0. The molecular formula is C22H14F6N2O3S. The van der Waals surface area contributed by atoms with Gasteiger partial charge in [0.05, 0.1) is 28.1 Å². The maximum Gasteiger partial charge on any atom is 0.435 e. The summed E-state index contributed by atoms with van der Waals surface area (Å²) in [7, 11) is -4.26. The second-order valence-corrected chi connectivity index (χ2v) is 9.31. The number of halogens is 6. The standard InChI is InChI=1S/C22H14F6N2O3S/c1-34(31,32)19-9-8-15(11-16(19)21(23,24)25)30-17(12-20(29-30)22(26,27)28)13-4-6-14(7-5-13)18-3-2-10-33-18/h2-12H,1H3. The van der Waals surface area contributed by atoms with Crippen LogP contribution in [-0.4, -0.2) is 24.5 Å². The molecule has 2 aromatic carbocycles. The fourth-order valence-electron chi connectivity index (χ4n) is 3.36. The van der Waals surface area contributed by atoms with E-state index in [1.165, 1.54) is 18.4 Å². The Morgan fingerprint density at radius 1 is 0.853 bits per heavy atom. The van der Waals surface area contributed by atoms with Gasteiger partial charge in [-0.15, -0.1) is 0 Å². The quantitative estimate of drug-likeness (QED) is 0.311. The van der Waals surface area contributed by atoms with Crippen LogP contribution in [-0.2, 0) is 22.2 Å². The lowest BCUT2D eigenvalue weighted by Gasteiger charge is -2.15. The van der Waals surface area contributed by atoms with E-state index < -0.39 is 38.3 Å². The molecule has 0 saturated heterocycles. The predicted octanol–water partition coefficient (Wildman–Crippen LogP) is 6.24. The van der Waals surface area contributed by atoms with Crippen molar-refractivity contribution in [3.63, 3.8) is 0 Å². The second kappa shape index (κ2) is 8.05. The van der Waals surface area contributed by atoms with E-state index in [-0.39, 0.29) is 16.9 Å². The number of nitrogens with zero attached hydrogens (tertiary/aromatic N) is 2. The van der Waals surface area contributed by atoms with Gasteiger partial charge in [0.15, 0.2) is 15.5 Å². The second-order valence-electron chi connectivity index (χ2n) is 7.33. The molecule has 0 bridgehead atoms. The van der Waals surface area contributed by atoms with Gasteiger partial charge in [-0.2, -0.15) is 31.4 Å². The van der Waals surface area contributed by atoms with Gasteiger partial charge >= 0.3 is 12.4 Å². The van der Waals surface area contributed by atoms with E-state index in [4.69, 9.17) is 4.42 Å². The van der Waals surface area contributed by atoms with E-state index >= 15 is 0 Å². The molecule has 0 aliphatic carbocycles. The van der Waals surface area contributed by atoms with E-state index in [9.17, 15) is 34.8 Å². The van der Waals surface area contributed by atoms with Gasteiger partial charge in [-0.25, -0.2) is 13.1 Å². The van der Waals surface area contributed by atoms with Crippen molar-refractivity contribution in [1.29, 1.82) is 0 Å². The highest BCUT2D eigenvalue weighted by Crippen LogP contribution is 2.38. The zero-order valence-corrected chi connectivity index (χ0v) is 18.0. The third-order valence-corrected chi connectivity index (χ3v) is 6.05. The van der Waals surface area contributed by atoms with E-state index in [2.05, 4.69) is 5.10 Å².